The van der Waals surface area contributed by atoms with Crippen LogP contribution in [0.5, 0.6) is 0 Å². The summed E-state index contributed by atoms with van der Waals surface area (Å²) in [6.07, 6.45) is 0.509. The fourth-order valence-corrected chi connectivity index (χ4v) is 2.49. The van der Waals surface area contributed by atoms with Gasteiger partial charge < -0.3 is 15.2 Å². The SMILES string of the molecule is CC(F)(F)c1cccc(NC(=O)[C@@H]2CC[C@H](CCC(=O)O)O2)c1. The van der Waals surface area contributed by atoms with Gasteiger partial charge >= 0.3 is 5.97 Å². The minimum Gasteiger partial charge on any atom is -0.481 e. The molecule has 0 radical (unpaired) electrons. The molecule has 2 rings (SSSR count). The predicted molar refractivity (Wildman–Crippen MR) is 79.4 cm³/mol. The topological polar surface area (TPSA) is 75.6 Å². The molecule has 1 fully saturated rings. The minimum atomic E-state index is -2.98. The summed E-state index contributed by atoms with van der Waals surface area (Å²) < 4.78 is 32.1. The number of carbonyl (C=O) groups is 2. The summed E-state index contributed by atoms with van der Waals surface area (Å²) >= 11 is 0. The highest BCUT2D eigenvalue weighted by Crippen LogP contribution is 2.29. The van der Waals surface area contributed by atoms with E-state index in [1.807, 2.05) is 0 Å². The molecule has 0 aliphatic carbocycles. The zero-order valence-electron chi connectivity index (χ0n) is 12.7. The van der Waals surface area contributed by atoms with Crippen LogP contribution in [0, 0.1) is 0 Å². The van der Waals surface area contributed by atoms with Gasteiger partial charge in [-0.2, -0.15) is 0 Å². The van der Waals surface area contributed by atoms with Crippen LogP contribution in [-0.4, -0.2) is 29.2 Å². The maximum Gasteiger partial charge on any atom is 0.303 e. The average molecular weight is 327 g/mol. The van der Waals surface area contributed by atoms with Crippen LogP contribution in [0.15, 0.2) is 24.3 Å². The van der Waals surface area contributed by atoms with Gasteiger partial charge in [-0.3, -0.25) is 9.59 Å². The van der Waals surface area contributed by atoms with Crippen molar-refractivity contribution in [2.24, 2.45) is 0 Å². The van der Waals surface area contributed by atoms with Gasteiger partial charge in [0.2, 0.25) is 0 Å². The first-order chi connectivity index (χ1) is 10.8. The second kappa shape index (κ2) is 7.04. The molecule has 1 heterocycles. The lowest BCUT2D eigenvalue weighted by molar-refractivity contribution is -0.137. The van der Waals surface area contributed by atoms with Crippen molar-refractivity contribution in [3.63, 3.8) is 0 Å². The lowest BCUT2D eigenvalue weighted by Crippen LogP contribution is -2.28. The van der Waals surface area contributed by atoms with Gasteiger partial charge in [0, 0.05) is 24.6 Å². The number of benzene rings is 1. The maximum atomic E-state index is 13.3. The number of aliphatic carboxylic acids is 1. The molecule has 1 aliphatic heterocycles. The Kier molecular flexibility index (Phi) is 5.30. The second-order valence-electron chi connectivity index (χ2n) is 5.71. The van der Waals surface area contributed by atoms with E-state index in [1.54, 1.807) is 0 Å². The molecule has 1 aromatic carbocycles. The highest BCUT2D eigenvalue weighted by Gasteiger charge is 2.31. The van der Waals surface area contributed by atoms with Crippen molar-refractivity contribution in [2.75, 3.05) is 5.32 Å². The molecule has 2 atom stereocenters. The van der Waals surface area contributed by atoms with Crippen molar-refractivity contribution >= 4 is 17.6 Å². The minimum absolute atomic E-state index is 0.00731. The standard InChI is InChI=1S/C16H19F2NO4/c1-16(17,18)10-3-2-4-11(9-10)19-15(22)13-7-5-12(23-13)6-8-14(20)21/h2-4,9,12-13H,5-8H2,1H3,(H,19,22)(H,20,21)/t12-,13+/m1/s1. The first-order valence-corrected chi connectivity index (χ1v) is 7.42. The zero-order chi connectivity index (χ0) is 17.0. The fraction of sp³-hybridized carbons (Fsp3) is 0.500. The van der Waals surface area contributed by atoms with E-state index in [0.29, 0.717) is 19.3 Å². The van der Waals surface area contributed by atoms with E-state index in [1.165, 1.54) is 24.3 Å². The van der Waals surface area contributed by atoms with Crippen LogP contribution in [0.3, 0.4) is 0 Å². The summed E-state index contributed by atoms with van der Waals surface area (Å²) in [6, 6.07) is 5.51. The Hall–Kier alpha value is -2.02. The van der Waals surface area contributed by atoms with E-state index in [9.17, 15) is 18.4 Å². The Morgan fingerprint density at radius 3 is 2.78 bits per heavy atom. The van der Waals surface area contributed by atoms with Crippen molar-refractivity contribution in [2.45, 2.75) is 50.7 Å². The molecule has 0 aromatic heterocycles. The van der Waals surface area contributed by atoms with Crippen molar-refractivity contribution in [1.82, 2.24) is 0 Å². The molecular formula is C16H19F2NO4. The van der Waals surface area contributed by atoms with Gasteiger partial charge in [0.25, 0.3) is 11.8 Å². The molecule has 1 amide bonds. The Morgan fingerprint density at radius 2 is 2.13 bits per heavy atom. The quantitative estimate of drug-likeness (QED) is 0.841. The van der Waals surface area contributed by atoms with Crippen LogP contribution in [0.25, 0.3) is 0 Å². The monoisotopic (exact) mass is 327 g/mol. The zero-order valence-corrected chi connectivity index (χ0v) is 12.7. The van der Waals surface area contributed by atoms with E-state index in [2.05, 4.69) is 5.32 Å². The number of hydrogen-bond donors (Lipinski definition) is 2. The number of carboxylic acid groups (broad SMARTS) is 1. The summed E-state index contributed by atoms with van der Waals surface area (Å²) in [7, 11) is 0. The normalized spacial score (nSPS) is 21.2. The van der Waals surface area contributed by atoms with Gasteiger partial charge in [0.05, 0.1) is 6.10 Å². The Labute approximate surface area is 132 Å². The number of rotatable bonds is 6. The summed E-state index contributed by atoms with van der Waals surface area (Å²) in [5.74, 6) is -4.29. The highest BCUT2D eigenvalue weighted by molar-refractivity contribution is 5.94. The molecule has 0 spiro atoms. The van der Waals surface area contributed by atoms with E-state index in [-0.39, 0.29) is 23.8 Å². The first kappa shape index (κ1) is 17.3. The second-order valence-corrected chi connectivity index (χ2v) is 5.71. The lowest BCUT2D eigenvalue weighted by Gasteiger charge is -2.15. The number of halogens is 2. The van der Waals surface area contributed by atoms with Crippen LogP contribution in [-0.2, 0) is 20.2 Å². The number of amides is 1. The predicted octanol–water partition coefficient (Wildman–Crippen LogP) is 3.15. The van der Waals surface area contributed by atoms with Crippen LogP contribution < -0.4 is 5.32 Å². The number of ether oxygens (including phenoxy) is 1. The lowest BCUT2D eigenvalue weighted by atomic mass is 10.1. The van der Waals surface area contributed by atoms with Crippen LogP contribution in [0.4, 0.5) is 14.5 Å². The Balaban J connectivity index is 1.91. The molecule has 2 N–H and O–H groups in total. The molecule has 0 saturated carbocycles. The van der Waals surface area contributed by atoms with Crippen molar-refractivity contribution < 1.29 is 28.2 Å². The van der Waals surface area contributed by atoms with Crippen LogP contribution in [0.2, 0.25) is 0 Å². The maximum absolute atomic E-state index is 13.3. The Bertz CT molecular complexity index is 586. The molecule has 0 unspecified atom stereocenters. The van der Waals surface area contributed by atoms with Gasteiger partial charge in [0.15, 0.2) is 0 Å². The van der Waals surface area contributed by atoms with E-state index in [0.717, 1.165) is 6.92 Å². The number of nitrogens with one attached hydrogen (secondary N) is 1. The molecule has 0 bridgehead atoms. The van der Waals surface area contributed by atoms with Crippen LogP contribution in [0.1, 0.15) is 38.2 Å². The first-order valence-electron chi connectivity index (χ1n) is 7.42. The third-order valence-electron chi connectivity index (χ3n) is 3.72. The van der Waals surface area contributed by atoms with Crippen molar-refractivity contribution in [1.29, 1.82) is 0 Å². The van der Waals surface area contributed by atoms with Crippen molar-refractivity contribution in [3.05, 3.63) is 29.8 Å². The summed E-state index contributed by atoms with van der Waals surface area (Å²) in [5, 5.41) is 11.2. The van der Waals surface area contributed by atoms with E-state index in [4.69, 9.17) is 9.84 Å². The third kappa shape index (κ3) is 4.99. The van der Waals surface area contributed by atoms with Gasteiger partial charge in [-0.15, -0.1) is 0 Å². The summed E-state index contributed by atoms with van der Waals surface area (Å²) in [4.78, 5) is 22.6. The van der Waals surface area contributed by atoms with Gasteiger partial charge in [-0.25, -0.2) is 8.78 Å². The smallest absolute Gasteiger partial charge is 0.303 e. The average Bonchev–Trinajstić information content (AvgIpc) is 2.93. The highest BCUT2D eigenvalue weighted by atomic mass is 19.3. The van der Waals surface area contributed by atoms with E-state index >= 15 is 0 Å². The largest absolute Gasteiger partial charge is 0.481 e. The molecule has 23 heavy (non-hydrogen) atoms. The van der Waals surface area contributed by atoms with Gasteiger partial charge in [0.1, 0.15) is 6.10 Å². The van der Waals surface area contributed by atoms with E-state index < -0.39 is 23.9 Å². The molecule has 1 saturated heterocycles. The van der Waals surface area contributed by atoms with Gasteiger partial charge in [-0.1, -0.05) is 12.1 Å². The number of carboxylic acids is 1. The third-order valence-corrected chi connectivity index (χ3v) is 3.72. The summed E-state index contributed by atoms with van der Waals surface area (Å²) in [5.41, 5.74) is 0.105. The number of carbonyl (C=O) groups excluding carboxylic acids is 1. The molecule has 1 aromatic rings. The number of alkyl halides is 2. The molecule has 5 nitrogen and oxygen atoms in total. The van der Waals surface area contributed by atoms with Gasteiger partial charge in [-0.05, 0) is 31.4 Å². The molecule has 126 valence electrons. The molecule has 1 aliphatic rings. The Morgan fingerprint density at radius 1 is 1.39 bits per heavy atom. The molecule has 7 heteroatoms. The molecular weight excluding hydrogens is 308 g/mol. The van der Waals surface area contributed by atoms with Crippen LogP contribution >= 0.6 is 0 Å². The van der Waals surface area contributed by atoms with Crippen molar-refractivity contribution in [3.8, 4) is 0 Å². The number of anilines is 1. The fourth-order valence-electron chi connectivity index (χ4n) is 2.49. The summed E-state index contributed by atoms with van der Waals surface area (Å²) in [6.45, 7) is 0.793. The number of hydrogen-bond acceptors (Lipinski definition) is 3.